The molecule has 5 nitrogen and oxygen atoms in total. The minimum absolute atomic E-state index is 0.0963. The predicted molar refractivity (Wildman–Crippen MR) is 67.2 cm³/mol. The molecule has 1 N–H and O–H groups in total. The molecule has 1 heterocycles. The van der Waals surface area contributed by atoms with Crippen LogP contribution in [0.5, 0.6) is 0 Å². The Labute approximate surface area is 113 Å². The van der Waals surface area contributed by atoms with Crippen LogP contribution in [0, 0.1) is 11.6 Å². The lowest BCUT2D eigenvalue weighted by atomic mass is 10.3. The fourth-order valence-corrected chi connectivity index (χ4v) is 1.90. The summed E-state index contributed by atoms with van der Waals surface area (Å²) >= 11 is 0. The quantitative estimate of drug-likeness (QED) is 0.827. The molecule has 0 aliphatic heterocycles. The highest BCUT2D eigenvalue weighted by molar-refractivity contribution is 5.78. The van der Waals surface area contributed by atoms with E-state index in [2.05, 4.69) is 4.98 Å². The van der Waals surface area contributed by atoms with Crippen molar-refractivity contribution in [1.82, 2.24) is 9.55 Å². The Kier molecular flexibility index (Phi) is 4.29. The average Bonchev–Trinajstić information content (AvgIpc) is 2.68. The minimum atomic E-state index is -1.09. The highest BCUT2D eigenvalue weighted by atomic mass is 19.2. The molecule has 1 aromatic heterocycles. The lowest BCUT2D eigenvalue weighted by Gasteiger charge is -2.06. The minimum Gasteiger partial charge on any atom is -0.480 e. The molecule has 0 saturated heterocycles. The van der Waals surface area contributed by atoms with Gasteiger partial charge in [-0.1, -0.05) is 6.92 Å². The van der Waals surface area contributed by atoms with Crippen molar-refractivity contribution >= 4 is 17.0 Å². The first-order valence-corrected chi connectivity index (χ1v) is 6.16. The molecule has 2 aromatic rings. The van der Waals surface area contributed by atoms with Crippen molar-refractivity contribution in [3.05, 3.63) is 29.6 Å². The van der Waals surface area contributed by atoms with Crippen molar-refractivity contribution in [1.29, 1.82) is 0 Å². The Bertz CT molecular complexity index is 640. The maximum Gasteiger partial charge on any atom is 0.323 e. The maximum absolute atomic E-state index is 13.3. The van der Waals surface area contributed by atoms with Gasteiger partial charge in [0.1, 0.15) is 19.0 Å². The van der Waals surface area contributed by atoms with Crippen molar-refractivity contribution in [2.24, 2.45) is 0 Å². The van der Waals surface area contributed by atoms with Crippen LogP contribution < -0.4 is 0 Å². The number of nitrogens with zero attached hydrogens (tertiary/aromatic N) is 2. The first-order chi connectivity index (χ1) is 9.52. The van der Waals surface area contributed by atoms with E-state index in [1.165, 1.54) is 4.57 Å². The van der Waals surface area contributed by atoms with Crippen LogP contribution in [0.1, 0.15) is 19.2 Å². The largest absolute Gasteiger partial charge is 0.480 e. The van der Waals surface area contributed by atoms with Crippen LogP contribution in [-0.2, 0) is 22.7 Å². The highest BCUT2D eigenvalue weighted by Gasteiger charge is 2.16. The third-order valence-corrected chi connectivity index (χ3v) is 2.74. The van der Waals surface area contributed by atoms with Crippen LogP contribution in [0.3, 0.4) is 0 Å². The molecular formula is C13H14F2N2O3. The average molecular weight is 284 g/mol. The van der Waals surface area contributed by atoms with Crippen LogP contribution in [0.15, 0.2) is 12.1 Å². The van der Waals surface area contributed by atoms with E-state index in [0.717, 1.165) is 18.6 Å². The lowest BCUT2D eigenvalue weighted by molar-refractivity contribution is -0.137. The smallest absolute Gasteiger partial charge is 0.323 e. The topological polar surface area (TPSA) is 64.4 Å². The van der Waals surface area contributed by atoms with E-state index >= 15 is 0 Å². The second kappa shape index (κ2) is 5.96. The zero-order valence-corrected chi connectivity index (χ0v) is 10.9. The molecule has 0 atom stereocenters. The van der Waals surface area contributed by atoms with Crippen LogP contribution in [0.4, 0.5) is 8.78 Å². The molecule has 0 aliphatic rings. The standard InChI is InChI=1S/C13H14F2N2O3/c1-2-3-20-7-12-16-10-4-8(14)9(15)5-11(10)17(12)6-13(18)19/h4-5H,2-3,6-7H2,1H3,(H,18,19). The van der Waals surface area contributed by atoms with Crippen molar-refractivity contribution in [2.45, 2.75) is 26.5 Å². The number of benzene rings is 1. The Morgan fingerprint density at radius 3 is 2.75 bits per heavy atom. The van der Waals surface area contributed by atoms with Gasteiger partial charge in [0, 0.05) is 18.7 Å². The molecule has 20 heavy (non-hydrogen) atoms. The number of ether oxygens (including phenoxy) is 1. The zero-order chi connectivity index (χ0) is 14.7. The van der Waals surface area contributed by atoms with E-state index in [4.69, 9.17) is 9.84 Å². The molecule has 0 unspecified atom stereocenters. The van der Waals surface area contributed by atoms with Gasteiger partial charge >= 0.3 is 5.97 Å². The van der Waals surface area contributed by atoms with Crippen LogP contribution in [0.2, 0.25) is 0 Å². The van der Waals surface area contributed by atoms with Crippen LogP contribution >= 0.6 is 0 Å². The summed E-state index contributed by atoms with van der Waals surface area (Å²) in [5.74, 6) is -2.81. The summed E-state index contributed by atoms with van der Waals surface area (Å²) in [6, 6.07) is 1.90. The summed E-state index contributed by atoms with van der Waals surface area (Å²) in [7, 11) is 0. The van der Waals surface area contributed by atoms with Gasteiger partial charge in [-0.3, -0.25) is 4.79 Å². The lowest BCUT2D eigenvalue weighted by Crippen LogP contribution is -2.13. The van der Waals surface area contributed by atoms with Gasteiger partial charge in [0.15, 0.2) is 11.6 Å². The van der Waals surface area contributed by atoms with Gasteiger partial charge < -0.3 is 14.4 Å². The number of hydrogen-bond donors (Lipinski definition) is 1. The summed E-state index contributed by atoms with van der Waals surface area (Å²) in [5.41, 5.74) is 0.446. The van der Waals surface area contributed by atoms with Gasteiger partial charge in [0.05, 0.1) is 11.0 Å². The van der Waals surface area contributed by atoms with E-state index in [9.17, 15) is 13.6 Å². The van der Waals surface area contributed by atoms with Crippen LogP contribution in [0.25, 0.3) is 11.0 Å². The Morgan fingerprint density at radius 1 is 1.40 bits per heavy atom. The van der Waals surface area contributed by atoms with Gasteiger partial charge in [-0.15, -0.1) is 0 Å². The fraction of sp³-hybridized carbons (Fsp3) is 0.385. The molecule has 7 heteroatoms. The van der Waals surface area contributed by atoms with Crippen molar-refractivity contribution in [3.8, 4) is 0 Å². The number of aliphatic carboxylic acids is 1. The maximum atomic E-state index is 13.3. The van der Waals surface area contributed by atoms with E-state index < -0.39 is 17.6 Å². The molecule has 108 valence electrons. The van der Waals surface area contributed by atoms with E-state index in [-0.39, 0.29) is 24.2 Å². The molecule has 0 radical (unpaired) electrons. The number of carbonyl (C=O) groups is 1. The number of carboxylic acids is 1. The number of carboxylic acid groups (broad SMARTS) is 1. The number of halogens is 2. The number of aromatic nitrogens is 2. The predicted octanol–water partition coefficient (Wildman–Crippen LogP) is 2.33. The van der Waals surface area contributed by atoms with Crippen molar-refractivity contribution in [2.75, 3.05) is 6.61 Å². The Hall–Kier alpha value is -2.02. The first-order valence-electron chi connectivity index (χ1n) is 6.16. The molecular weight excluding hydrogens is 270 g/mol. The van der Waals surface area contributed by atoms with E-state index in [1.807, 2.05) is 6.92 Å². The second-order valence-corrected chi connectivity index (χ2v) is 4.32. The number of rotatable bonds is 6. The molecule has 1 aromatic carbocycles. The number of hydrogen-bond acceptors (Lipinski definition) is 3. The summed E-state index contributed by atoms with van der Waals surface area (Å²) < 4.78 is 33.1. The molecule has 2 rings (SSSR count). The first kappa shape index (κ1) is 14.4. The SMILES string of the molecule is CCCOCc1nc2cc(F)c(F)cc2n1CC(=O)O. The number of fused-ring (bicyclic) bond motifs is 1. The Morgan fingerprint density at radius 2 is 2.10 bits per heavy atom. The van der Waals surface area contributed by atoms with Gasteiger partial charge in [0.2, 0.25) is 0 Å². The number of imidazole rings is 1. The molecule has 0 bridgehead atoms. The second-order valence-electron chi connectivity index (χ2n) is 4.32. The third-order valence-electron chi connectivity index (χ3n) is 2.74. The van der Waals surface area contributed by atoms with Crippen LogP contribution in [-0.4, -0.2) is 27.2 Å². The van der Waals surface area contributed by atoms with Gasteiger partial charge in [0.25, 0.3) is 0 Å². The van der Waals surface area contributed by atoms with Gasteiger partial charge in [-0.2, -0.15) is 0 Å². The molecule has 0 spiro atoms. The summed E-state index contributed by atoms with van der Waals surface area (Å²) in [6.07, 6.45) is 0.808. The van der Waals surface area contributed by atoms with Crippen molar-refractivity contribution < 1.29 is 23.4 Å². The third kappa shape index (κ3) is 2.93. The molecule has 0 amide bonds. The summed E-state index contributed by atoms with van der Waals surface area (Å²) in [6.45, 7) is 2.15. The van der Waals surface area contributed by atoms with Crippen molar-refractivity contribution in [3.63, 3.8) is 0 Å². The Balaban J connectivity index is 2.45. The monoisotopic (exact) mass is 284 g/mol. The summed E-state index contributed by atoms with van der Waals surface area (Å²) in [4.78, 5) is 15.0. The van der Waals surface area contributed by atoms with Gasteiger partial charge in [-0.05, 0) is 6.42 Å². The summed E-state index contributed by atoms with van der Waals surface area (Å²) in [5, 5.41) is 8.91. The zero-order valence-electron chi connectivity index (χ0n) is 10.9. The normalized spacial score (nSPS) is 11.2. The highest BCUT2D eigenvalue weighted by Crippen LogP contribution is 2.20. The van der Waals surface area contributed by atoms with E-state index in [1.54, 1.807) is 0 Å². The molecule has 0 fully saturated rings. The van der Waals surface area contributed by atoms with E-state index in [0.29, 0.717) is 12.4 Å². The fourth-order valence-electron chi connectivity index (χ4n) is 1.90. The molecule has 0 saturated carbocycles. The molecule has 0 aliphatic carbocycles. The van der Waals surface area contributed by atoms with Gasteiger partial charge in [-0.25, -0.2) is 13.8 Å².